The molecule has 1 aliphatic rings. The molecule has 0 saturated heterocycles. The van der Waals surface area contributed by atoms with E-state index in [1.54, 1.807) is 0 Å². The molecule has 0 bridgehead atoms. The summed E-state index contributed by atoms with van der Waals surface area (Å²) in [6, 6.07) is 2.39. The maximum atomic E-state index is 13.3. The molecule has 1 aromatic rings. The molecule has 0 saturated carbocycles. The lowest BCUT2D eigenvalue weighted by Gasteiger charge is -2.20. The molecule has 1 aliphatic carbocycles. The lowest BCUT2D eigenvalue weighted by molar-refractivity contribution is 0.0951. The van der Waals surface area contributed by atoms with Crippen molar-refractivity contribution in [1.29, 1.82) is 0 Å². The van der Waals surface area contributed by atoms with E-state index in [0.29, 0.717) is 18.4 Å². The van der Waals surface area contributed by atoms with Crippen molar-refractivity contribution in [1.82, 2.24) is 0 Å². The zero-order valence-electron chi connectivity index (χ0n) is 7.81. The first kappa shape index (κ1) is 9.31. The molecular weight excluding hydrogens is 186 g/mol. The highest BCUT2D eigenvalue weighted by Gasteiger charge is 2.26. The smallest absolute Gasteiger partial charge is 0.163 e. The molecular formula is C11H10F2O. The molecule has 0 spiro atoms. The number of halogens is 2. The number of benzene rings is 1. The maximum absolute atomic E-state index is 13.3. The van der Waals surface area contributed by atoms with Crippen molar-refractivity contribution < 1.29 is 13.6 Å². The zero-order chi connectivity index (χ0) is 10.3. The molecule has 1 atom stereocenters. The number of rotatable bonds is 0. The van der Waals surface area contributed by atoms with Gasteiger partial charge in [-0.1, -0.05) is 6.92 Å². The van der Waals surface area contributed by atoms with Crippen LogP contribution in [-0.4, -0.2) is 5.78 Å². The topological polar surface area (TPSA) is 17.1 Å². The Labute approximate surface area is 80.7 Å². The van der Waals surface area contributed by atoms with Gasteiger partial charge in [0.1, 0.15) is 0 Å². The van der Waals surface area contributed by atoms with Crippen molar-refractivity contribution in [3.63, 3.8) is 0 Å². The largest absolute Gasteiger partial charge is 0.294 e. The van der Waals surface area contributed by atoms with E-state index >= 15 is 0 Å². The minimum absolute atomic E-state index is 0.0855. The van der Waals surface area contributed by atoms with Crippen molar-refractivity contribution in [2.24, 2.45) is 5.92 Å². The average Bonchev–Trinajstić information content (AvgIpc) is 2.12. The van der Waals surface area contributed by atoms with Crippen LogP contribution in [0.25, 0.3) is 0 Å². The van der Waals surface area contributed by atoms with Crippen LogP contribution >= 0.6 is 0 Å². The van der Waals surface area contributed by atoms with E-state index in [0.717, 1.165) is 6.07 Å². The van der Waals surface area contributed by atoms with Gasteiger partial charge in [-0.3, -0.25) is 4.79 Å². The van der Waals surface area contributed by atoms with E-state index < -0.39 is 11.6 Å². The van der Waals surface area contributed by atoms with Crippen LogP contribution < -0.4 is 0 Å². The monoisotopic (exact) mass is 196 g/mol. The predicted molar refractivity (Wildman–Crippen MR) is 48.2 cm³/mol. The van der Waals surface area contributed by atoms with Crippen molar-refractivity contribution in [2.45, 2.75) is 19.8 Å². The zero-order valence-corrected chi connectivity index (χ0v) is 7.81. The molecule has 1 unspecified atom stereocenters. The summed E-state index contributed by atoms with van der Waals surface area (Å²) < 4.78 is 26.2. The Kier molecular flexibility index (Phi) is 2.10. The van der Waals surface area contributed by atoms with Gasteiger partial charge >= 0.3 is 0 Å². The minimum Gasteiger partial charge on any atom is -0.294 e. The highest BCUT2D eigenvalue weighted by Crippen LogP contribution is 2.28. The summed E-state index contributed by atoms with van der Waals surface area (Å²) in [5, 5.41) is 0. The first-order chi connectivity index (χ1) is 6.59. The van der Waals surface area contributed by atoms with Crippen molar-refractivity contribution in [3.05, 3.63) is 34.9 Å². The first-order valence-corrected chi connectivity index (χ1v) is 4.59. The Morgan fingerprint density at radius 1 is 1.29 bits per heavy atom. The Balaban J connectivity index is 2.59. The molecule has 2 rings (SSSR count). The van der Waals surface area contributed by atoms with Crippen LogP contribution in [0.3, 0.4) is 0 Å². The van der Waals surface area contributed by atoms with Gasteiger partial charge in [-0.25, -0.2) is 8.78 Å². The van der Waals surface area contributed by atoms with Crippen LogP contribution in [-0.2, 0) is 6.42 Å². The summed E-state index contributed by atoms with van der Waals surface area (Å²) in [6.07, 6.45) is 0.878. The van der Waals surface area contributed by atoms with Crippen LogP contribution in [0, 0.1) is 17.6 Å². The van der Waals surface area contributed by atoms with Gasteiger partial charge in [0.25, 0.3) is 0 Å². The third-order valence-electron chi connectivity index (χ3n) is 2.58. The molecule has 0 aromatic heterocycles. The van der Waals surface area contributed by atoms with E-state index in [1.807, 2.05) is 6.92 Å². The number of fused-ring (bicyclic) bond motifs is 1. The van der Waals surface area contributed by atoms with E-state index in [1.165, 1.54) is 6.07 Å². The van der Waals surface area contributed by atoms with E-state index in [4.69, 9.17) is 0 Å². The quantitative estimate of drug-likeness (QED) is 0.623. The summed E-state index contributed by atoms with van der Waals surface area (Å²) in [5.41, 5.74) is 0.593. The number of Topliss-reactive ketones (excluding diaryl/α,β-unsaturated/α-hetero) is 1. The van der Waals surface area contributed by atoms with Crippen LogP contribution in [0.5, 0.6) is 0 Å². The number of carbonyl (C=O) groups excluding carboxylic acids is 1. The third kappa shape index (κ3) is 1.33. The van der Waals surface area contributed by atoms with Gasteiger partial charge in [-0.15, -0.1) is 0 Å². The fourth-order valence-corrected chi connectivity index (χ4v) is 1.90. The minimum atomic E-state index is -0.870. The number of carbonyl (C=O) groups is 1. The lowest BCUT2D eigenvalue weighted by atomic mass is 9.84. The first-order valence-electron chi connectivity index (χ1n) is 4.59. The van der Waals surface area contributed by atoms with Crippen LogP contribution in [0.15, 0.2) is 12.1 Å². The van der Waals surface area contributed by atoms with Gasteiger partial charge in [-0.2, -0.15) is 0 Å². The molecule has 3 heteroatoms. The molecule has 0 heterocycles. The van der Waals surface area contributed by atoms with Crippen molar-refractivity contribution in [3.8, 4) is 0 Å². The molecule has 74 valence electrons. The number of hydrogen-bond donors (Lipinski definition) is 0. The molecule has 0 fully saturated rings. The van der Waals surface area contributed by atoms with Gasteiger partial charge < -0.3 is 0 Å². The number of ketones is 1. The fourth-order valence-electron chi connectivity index (χ4n) is 1.90. The summed E-state index contributed by atoms with van der Waals surface area (Å²) in [5.74, 6) is -1.71. The molecule has 0 N–H and O–H groups in total. The fraction of sp³-hybridized carbons (Fsp3) is 0.364. The highest BCUT2D eigenvalue weighted by molar-refractivity contribution is 5.98. The third-order valence-corrected chi connectivity index (χ3v) is 2.58. The van der Waals surface area contributed by atoms with E-state index in [2.05, 4.69) is 0 Å². The average molecular weight is 196 g/mol. The van der Waals surface area contributed by atoms with Gasteiger partial charge in [0, 0.05) is 17.5 Å². The van der Waals surface area contributed by atoms with Crippen LogP contribution in [0.2, 0.25) is 0 Å². The second kappa shape index (κ2) is 3.15. The Hall–Kier alpha value is -1.25. The SMILES string of the molecule is CC1CC(=O)c2ccc(F)c(F)c2C1. The molecule has 0 radical (unpaired) electrons. The van der Waals surface area contributed by atoms with Gasteiger partial charge in [0.15, 0.2) is 17.4 Å². The molecule has 0 aliphatic heterocycles. The van der Waals surface area contributed by atoms with E-state index in [-0.39, 0.29) is 17.3 Å². The summed E-state index contributed by atoms with van der Waals surface area (Å²) in [6.45, 7) is 1.87. The van der Waals surface area contributed by atoms with Crippen LogP contribution in [0.1, 0.15) is 29.3 Å². The molecule has 1 nitrogen and oxygen atoms in total. The number of hydrogen-bond acceptors (Lipinski definition) is 1. The Morgan fingerprint density at radius 3 is 2.71 bits per heavy atom. The Morgan fingerprint density at radius 2 is 2.00 bits per heavy atom. The van der Waals surface area contributed by atoms with Gasteiger partial charge in [0.05, 0.1) is 0 Å². The summed E-state index contributed by atoms with van der Waals surface area (Å²) in [4.78, 5) is 11.5. The van der Waals surface area contributed by atoms with Gasteiger partial charge in [-0.05, 0) is 24.5 Å². The van der Waals surface area contributed by atoms with Crippen molar-refractivity contribution in [2.75, 3.05) is 0 Å². The maximum Gasteiger partial charge on any atom is 0.163 e. The molecule has 1 aromatic carbocycles. The second-order valence-electron chi connectivity index (χ2n) is 3.82. The van der Waals surface area contributed by atoms with Crippen molar-refractivity contribution >= 4 is 5.78 Å². The molecule has 0 amide bonds. The molecule has 14 heavy (non-hydrogen) atoms. The highest BCUT2D eigenvalue weighted by atomic mass is 19.2. The standard InChI is InChI=1S/C11H10F2O/c1-6-4-8-7(10(14)5-6)2-3-9(12)11(8)13/h2-3,6H,4-5H2,1H3. The van der Waals surface area contributed by atoms with Gasteiger partial charge in [0.2, 0.25) is 0 Å². The summed E-state index contributed by atoms with van der Waals surface area (Å²) in [7, 11) is 0. The normalized spacial score (nSPS) is 20.8. The van der Waals surface area contributed by atoms with Crippen LogP contribution in [0.4, 0.5) is 8.78 Å². The Bertz CT molecular complexity index is 399. The second-order valence-corrected chi connectivity index (χ2v) is 3.82. The predicted octanol–water partition coefficient (Wildman–Crippen LogP) is 2.73. The summed E-state index contributed by atoms with van der Waals surface area (Å²) >= 11 is 0. The lowest BCUT2D eigenvalue weighted by Crippen LogP contribution is -2.19. The van der Waals surface area contributed by atoms with E-state index in [9.17, 15) is 13.6 Å².